The number of carboxylic acids is 1. The molecule has 0 aliphatic carbocycles. The van der Waals surface area contributed by atoms with E-state index in [0.29, 0.717) is 13.0 Å². The van der Waals surface area contributed by atoms with Gasteiger partial charge >= 0.3 is 5.97 Å². The summed E-state index contributed by atoms with van der Waals surface area (Å²) in [5.74, 6) is -0.945. The van der Waals surface area contributed by atoms with Crippen molar-refractivity contribution in [3.05, 3.63) is 11.6 Å². The summed E-state index contributed by atoms with van der Waals surface area (Å²) < 4.78 is 0. The Hall–Kier alpha value is -1.24. The Morgan fingerprint density at radius 3 is 3.06 bits per heavy atom. The molecule has 102 valence electrons. The highest BCUT2D eigenvalue weighted by Crippen LogP contribution is 2.05. The summed E-state index contributed by atoms with van der Waals surface area (Å²) in [6.07, 6.45) is 5.88. The molecule has 6 nitrogen and oxygen atoms in total. The number of hydrogen-bond donors (Lipinski definition) is 3. The molecule has 0 fully saturated rings. The van der Waals surface area contributed by atoms with Gasteiger partial charge in [0.25, 0.3) is 0 Å². The average Bonchev–Trinajstić information content (AvgIpc) is 2.38. The van der Waals surface area contributed by atoms with Gasteiger partial charge in [-0.25, -0.2) is 5.01 Å². The zero-order valence-corrected chi connectivity index (χ0v) is 10.5. The van der Waals surface area contributed by atoms with Crippen molar-refractivity contribution in [1.29, 1.82) is 0 Å². The molecule has 0 spiro atoms. The van der Waals surface area contributed by atoms with E-state index in [9.17, 15) is 9.59 Å². The van der Waals surface area contributed by atoms with E-state index in [1.165, 1.54) is 0 Å². The van der Waals surface area contributed by atoms with Gasteiger partial charge in [0.05, 0.1) is 0 Å². The normalized spacial score (nSPS) is 18.2. The average molecular weight is 255 g/mol. The Morgan fingerprint density at radius 2 is 2.39 bits per heavy atom. The van der Waals surface area contributed by atoms with Gasteiger partial charge < -0.3 is 10.8 Å². The first-order valence-corrected chi connectivity index (χ1v) is 6.24. The predicted octanol–water partition coefficient (Wildman–Crippen LogP) is -0.0958. The fourth-order valence-electron chi connectivity index (χ4n) is 1.84. The van der Waals surface area contributed by atoms with Crippen LogP contribution in [0, 0.1) is 0 Å². The van der Waals surface area contributed by atoms with Crippen LogP contribution in [0.4, 0.5) is 0 Å². The van der Waals surface area contributed by atoms with Gasteiger partial charge in [-0.3, -0.25) is 15.0 Å². The fourth-order valence-corrected chi connectivity index (χ4v) is 1.84. The third-order valence-electron chi connectivity index (χ3n) is 2.92. The van der Waals surface area contributed by atoms with Gasteiger partial charge in [-0.2, -0.15) is 0 Å². The highest BCUT2D eigenvalue weighted by atomic mass is 16.4. The molecular formula is C12H21N3O3. The van der Waals surface area contributed by atoms with Crippen LogP contribution in [-0.2, 0) is 9.59 Å². The van der Waals surface area contributed by atoms with Gasteiger partial charge in [0, 0.05) is 25.2 Å². The Kier molecular flexibility index (Phi) is 6.56. The summed E-state index contributed by atoms with van der Waals surface area (Å²) in [5, 5.41) is 10.6. The van der Waals surface area contributed by atoms with E-state index >= 15 is 0 Å². The maximum atomic E-state index is 10.6. The second-order valence-electron chi connectivity index (χ2n) is 4.46. The molecule has 1 unspecified atom stereocenters. The molecule has 0 amide bonds. The molecule has 1 rings (SSSR count). The molecule has 0 aromatic rings. The minimum atomic E-state index is -0.945. The topological polar surface area (TPSA) is 95.7 Å². The lowest BCUT2D eigenvalue weighted by atomic mass is 10.1. The van der Waals surface area contributed by atoms with Crippen molar-refractivity contribution < 1.29 is 14.7 Å². The minimum Gasteiger partial charge on any atom is -0.480 e. The maximum absolute atomic E-state index is 10.6. The number of carbonyl (C=O) groups excluding carboxylic acids is 1. The maximum Gasteiger partial charge on any atom is 0.320 e. The second-order valence-corrected chi connectivity index (χ2v) is 4.46. The molecule has 1 heterocycles. The highest BCUT2D eigenvalue weighted by Gasteiger charge is 2.12. The van der Waals surface area contributed by atoms with Gasteiger partial charge in [-0.15, -0.1) is 0 Å². The van der Waals surface area contributed by atoms with Gasteiger partial charge in [-0.05, 0) is 25.7 Å². The van der Waals surface area contributed by atoms with Crippen LogP contribution in [0.3, 0.4) is 0 Å². The lowest BCUT2D eigenvalue weighted by Gasteiger charge is -2.26. The standard InChI is InChI=1S/C12H21N3O3/c13-11(12(17)18)5-1-2-6-14-15-7-3-4-10(8-15)9-16/h4,9,11,14H,1-3,5-8,13H2,(H,17,18). The van der Waals surface area contributed by atoms with Crippen LogP contribution in [0.5, 0.6) is 0 Å². The van der Waals surface area contributed by atoms with Gasteiger partial charge in [-0.1, -0.05) is 6.08 Å². The first-order valence-electron chi connectivity index (χ1n) is 6.24. The van der Waals surface area contributed by atoms with Crippen LogP contribution >= 0.6 is 0 Å². The summed E-state index contributed by atoms with van der Waals surface area (Å²) in [6.45, 7) is 2.31. The van der Waals surface area contributed by atoms with E-state index in [-0.39, 0.29) is 0 Å². The fraction of sp³-hybridized carbons (Fsp3) is 0.667. The molecule has 0 saturated carbocycles. The van der Waals surface area contributed by atoms with Gasteiger partial charge in [0.15, 0.2) is 0 Å². The predicted molar refractivity (Wildman–Crippen MR) is 67.8 cm³/mol. The molecule has 4 N–H and O–H groups in total. The summed E-state index contributed by atoms with van der Waals surface area (Å²) in [4.78, 5) is 21.1. The van der Waals surface area contributed by atoms with Gasteiger partial charge in [0.2, 0.25) is 0 Å². The van der Waals surface area contributed by atoms with Crippen molar-refractivity contribution >= 4 is 12.3 Å². The third kappa shape index (κ3) is 5.39. The van der Waals surface area contributed by atoms with Crippen LogP contribution < -0.4 is 11.2 Å². The lowest BCUT2D eigenvalue weighted by molar-refractivity contribution is -0.138. The number of rotatable bonds is 8. The van der Waals surface area contributed by atoms with E-state index in [2.05, 4.69) is 5.43 Å². The minimum absolute atomic E-state index is 0.497. The zero-order chi connectivity index (χ0) is 13.4. The molecule has 6 heteroatoms. The van der Waals surface area contributed by atoms with E-state index < -0.39 is 12.0 Å². The van der Waals surface area contributed by atoms with E-state index in [4.69, 9.17) is 10.8 Å². The Labute approximate surface area is 107 Å². The summed E-state index contributed by atoms with van der Waals surface area (Å²) in [7, 11) is 0. The second kappa shape index (κ2) is 7.97. The molecule has 0 saturated heterocycles. The van der Waals surface area contributed by atoms with Crippen LogP contribution in [0.25, 0.3) is 0 Å². The summed E-state index contributed by atoms with van der Waals surface area (Å²) in [6, 6.07) is -0.760. The van der Waals surface area contributed by atoms with Crippen molar-refractivity contribution in [1.82, 2.24) is 10.4 Å². The van der Waals surface area contributed by atoms with E-state index in [1.54, 1.807) is 0 Å². The van der Waals surface area contributed by atoms with Gasteiger partial charge in [0.1, 0.15) is 12.3 Å². The van der Waals surface area contributed by atoms with Crippen LogP contribution in [-0.4, -0.2) is 48.0 Å². The number of nitrogens with zero attached hydrogens (tertiary/aromatic N) is 1. The molecule has 0 aromatic heterocycles. The Bertz CT molecular complexity index is 318. The first kappa shape index (κ1) is 14.8. The first-order chi connectivity index (χ1) is 8.63. The largest absolute Gasteiger partial charge is 0.480 e. The quantitative estimate of drug-likeness (QED) is 0.414. The number of unbranched alkanes of at least 4 members (excludes halogenated alkanes) is 1. The summed E-state index contributed by atoms with van der Waals surface area (Å²) >= 11 is 0. The zero-order valence-electron chi connectivity index (χ0n) is 10.5. The van der Waals surface area contributed by atoms with Crippen molar-refractivity contribution in [2.45, 2.75) is 31.7 Å². The number of carbonyl (C=O) groups is 2. The van der Waals surface area contributed by atoms with Crippen molar-refractivity contribution in [3.63, 3.8) is 0 Å². The van der Waals surface area contributed by atoms with E-state index in [0.717, 1.165) is 44.2 Å². The van der Waals surface area contributed by atoms with E-state index in [1.807, 2.05) is 11.1 Å². The van der Waals surface area contributed by atoms with Crippen LogP contribution in [0.2, 0.25) is 0 Å². The number of aldehydes is 1. The number of hydrazine groups is 1. The SMILES string of the molecule is NC(CCCCNN1CCC=C(C=O)C1)C(=O)O. The number of nitrogens with two attached hydrogens (primary N) is 1. The number of nitrogens with one attached hydrogen (secondary N) is 1. The molecule has 1 atom stereocenters. The number of aliphatic carboxylic acids is 1. The van der Waals surface area contributed by atoms with Crippen molar-refractivity contribution in [3.8, 4) is 0 Å². The van der Waals surface area contributed by atoms with Crippen molar-refractivity contribution in [2.24, 2.45) is 5.73 Å². The molecule has 18 heavy (non-hydrogen) atoms. The van der Waals surface area contributed by atoms with Crippen molar-refractivity contribution in [2.75, 3.05) is 19.6 Å². The monoisotopic (exact) mass is 255 g/mol. The third-order valence-corrected chi connectivity index (χ3v) is 2.92. The molecule has 0 aromatic carbocycles. The lowest BCUT2D eigenvalue weighted by Crippen LogP contribution is -2.42. The smallest absolute Gasteiger partial charge is 0.320 e. The molecule has 1 aliphatic rings. The molecule has 0 radical (unpaired) electrons. The molecule has 0 bridgehead atoms. The van der Waals surface area contributed by atoms with Crippen LogP contribution in [0.15, 0.2) is 11.6 Å². The Balaban J connectivity index is 2.06. The number of hydrogen-bond acceptors (Lipinski definition) is 5. The molecular weight excluding hydrogens is 234 g/mol. The summed E-state index contributed by atoms with van der Waals surface area (Å²) in [5.41, 5.74) is 9.44. The highest BCUT2D eigenvalue weighted by molar-refractivity contribution is 5.74. The van der Waals surface area contributed by atoms with Crippen LogP contribution in [0.1, 0.15) is 25.7 Å². The number of carboxylic acid groups (broad SMARTS) is 1. The Morgan fingerprint density at radius 1 is 1.61 bits per heavy atom. The molecule has 1 aliphatic heterocycles.